The van der Waals surface area contributed by atoms with E-state index in [2.05, 4.69) is 18.5 Å². The molecule has 4 heteroatoms. The van der Waals surface area contributed by atoms with E-state index in [0.29, 0.717) is 25.7 Å². The molecule has 1 rings (SSSR count). The van der Waals surface area contributed by atoms with E-state index in [1.54, 1.807) is 12.2 Å². The number of carboxylic acid groups (broad SMARTS) is 1. The fraction of sp³-hybridized carbons (Fsp3) is 0.500. The molecule has 0 heterocycles. The summed E-state index contributed by atoms with van der Waals surface area (Å²) in [5.41, 5.74) is -1.00. The quantitative estimate of drug-likeness (QED) is 0.642. The number of carbonyl (C=O) groups is 2. The molecule has 0 unspecified atom stereocenters. The largest absolute Gasteiger partial charge is 0.480 e. The van der Waals surface area contributed by atoms with Gasteiger partial charge in [0.2, 0.25) is 5.91 Å². The Kier molecular flexibility index (Phi) is 3.88. The third-order valence-electron chi connectivity index (χ3n) is 2.80. The van der Waals surface area contributed by atoms with E-state index in [1.807, 2.05) is 0 Å². The summed E-state index contributed by atoms with van der Waals surface area (Å²) in [6.07, 6.45) is 5.43. The van der Waals surface area contributed by atoms with E-state index in [4.69, 9.17) is 5.11 Å². The minimum atomic E-state index is -1.00. The van der Waals surface area contributed by atoms with Gasteiger partial charge in [0.15, 0.2) is 0 Å². The molecule has 0 aliphatic heterocycles. The average Bonchev–Trinajstić information content (AvgIpc) is 2.98. The first-order valence-corrected chi connectivity index (χ1v) is 5.33. The van der Waals surface area contributed by atoms with Gasteiger partial charge in [-0.05, 0) is 25.7 Å². The molecule has 1 fully saturated rings. The normalized spacial score (nSPS) is 16.6. The molecule has 88 valence electrons. The maximum Gasteiger partial charge on any atom is 0.329 e. The number of carbonyl (C=O) groups excluding carboxylic acids is 1. The smallest absolute Gasteiger partial charge is 0.329 e. The molecule has 1 aliphatic carbocycles. The number of hydrogen-bond acceptors (Lipinski definition) is 2. The van der Waals surface area contributed by atoms with E-state index < -0.39 is 11.5 Å². The molecule has 0 aromatic heterocycles. The van der Waals surface area contributed by atoms with E-state index in [-0.39, 0.29) is 11.8 Å². The van der Waals surface area contributed by atoms with Crippen molar-refractivity contribution in [2.24, 2.45) is 5.92 Å². The molecule has 0 saturated heterocycles. The predicted octanol–water partition coefficient (Wildman–Crippen LogP) is 1.49. The Morgan fingerprint density at radius 2 is 1.81 bits per heavy atom. The third-order valence-corrected chi connectivity index (χ3v) is 2.80. The SMILES string of the molecule is C=CCC(CC=C)C(=O)NC1(C(=O)O)CC1. The zero-order chi connectivity index (χ0) is 12.2. The molecular weight excluding hydrogens is 206 g/mol. The number of carboxylic acids is 1. The number of allylic oxidation sites excluding steroid dienone is 2. The van der Waals surface area contributed by atoms with Crippen molar-refractivity contribution in [1.29, 1.82) is 0 Å². The zero-order valence-corrected chi connectivity index (χ0v) is 9.24. The van der Waals surface area contributed by atoms with Crippen LogP contribution in [-0.4, -0.2) is 22.5 Å². The number of rotatable bonds is 7. The van der Waals surface area contributed by atoms with Crippen LogP contribution < -0.4 is 5.32 Å². The minimum Gasteiger partial charge on any atom is -0.480 e. The van der Waals surface area contributed by atoms with Crippen LogP contribution in [0.4, 0.5) is 0 Å². The van der Waals surface area contributed by atoms with E-state index in [0.717, 1.165) is 0 Å². The average molecular weight is 223 g/mol. The van der Waals surface area contributed by atoms with Crippen molar-refractivity contribution in [3.05, 3.63) is 25.3 Å². The Morgan fingerprint density at radius 1 is 1.31 bits per heavy atom. The lowest BCUT2D eigenvalue weighted by molar-refractivity contribution is -0.143. The fourth-order valence-corrected chi connectivity index (χ4v) is 1.57. The van der Waals surface area contributed by atoms with Gasteiger partial charge in [-0.3, -0.25) is 4.79 Å². The first kappa shape index (κ1) is 12.5. The molecule has 1 saturated carbocycles. The highest BCUT2D eigenvalue weighted by Crippen LogP contribution is 2.36. The monoisotopic (exact) mass is 223 g/mol. The van der Waals surface area contributed by atoms with Gasteiger partial charge in [-0.2, -0.15) is 0 Å². The standard InChI is InChI=1S/C12H17NO3/c1-3-5-9(6-4-2)10(14)13-12(7-8-12)11(15)16/h3-4,9H,1-2,5-8H2,(H,13,14)(H,15,16). The van der Waals surface area contributed by atoms with Crippen LogP contribution in [0.2, 0.25) is 0 Å². The van der Waals surface area contributed by atoms with Gasteiger partial charge in [-0.1, -0.05) is 12.2 Å². The van der Waals surface area contributed by atoms with Gasteiger partial charge >= 0.3 is 5.97 Å². The second-order valence-electron chi connectivity index (χ2n) is 4.12. The van der Waals surface area contributed by atoms with Gasteiger partial charge in [0.05, 0.1) is 0 Å². The van der Waals surface area contributed by atoms with Crippen LogP contribution in [0.5, 0.6) is 0 Å². The van der Waals surface area contributed by atoms with Crippen LogP contribution in [0.15, 0.2) is 25.3 Å². The van der Waals surface area contributed by atoms with Crippen LogP contribution in [0.25, 0.3) is 0 Å². The van der Waals surface area contributed by atoms with Crippen molar-refractivity contribution in [2.45, 2.75) is 31.2 Å². The molecule has 0 spiro atoms. The van der Waals surface area contributed by atoms with E-state index in [9.17, 15) is 9.59 Å². The summed E-state index contributed by atoms with van der Waals surface area (Å²) in [6, 6.07) is 0. The molecule has 1 aliphatic rings. The number of amides is 1. The highest BCUT2D eigenvalue weighted by Gasteiger charge is 2.52. The molecule has 16 heavy (non-hydrogen) atoms. The van der Waals surface area contributed by atoms with Crippen LogP contribution in [-0.2, 0) is 9.59 Å². The van der Waals surface area contributed by atoms with Crippen molar-refractivity contribution < 1.29 is 14.7 Å². The fourth-order valence-electron chi connectivity index (χ4n) is 1.57. The van der Waals surface area contributed by atoms with Crippen molar-refractivity contribution in [2.75, 3.05) is 0 Å². The lowest BCUT2D eigenvalue weighted by Crippen LogP contribution is -2.45. The first-order valence-electron chi connectivity index (χ1n) is 5.33. The summed E-state index contributed by atoms with van der Waals surface area (Å²) >= 11 is 0. The number of aliphatic carboxylic acids is 1. The summed E-state index contributed by atoms with van der Waals surface area (Å²) in [4.78, 5) is 22.7. The highest BCUT2D eigenvalue weighted by molar-refractivity contribution is 5.90. The summed E-state index contributed by atoms with van der Waals surface area (Å²) in [7, 11) is 0. The maximum absolute atomic E-state index is 11.8. The topological polar surface area (TPSA) is 66.4 Å². The number of nitrogens with one attached hydrogen (secondary N) is 1. The number of hydrogen-bond donors (Lipinski definition) is 2. The molecule has 0 radical (unpaired) electrons. The van der Waals surface area contributed by atoms with Gasteiger partial charge < -0.3 is 10.4 Å². The lowest BCUT2D eigenvalue weighted by atomic mass is 10.00. The Hall–Kier alpha value is -1.58. The molecule has 0 atom stereocenters. The highest BCUT2D eigenvalue weighted by atomic mass is 16.4. The zero-order valence-electron chi connectivity index (χ0n) is 9.24. The molecule has 0 aromatic carbocycles. The van der Waals surface area contributed by atoms with E-state index >= 15 is 0 Å². The first-order chi connectivity index (χ1) is 7.55. The second kappa shape index (κ2) is 4.96. The summed E-state index contributed by atoms with van der Waals surface area (Å²) in [5, 5.41) is 11.5. The van der Waals surface area contributed by atoms with Crippen molar-refractivity contribution in [3.8, 4) is 0 Å². The summed E-state index contributed by atoms with van der Waals surface area (Å²) in [6.45, 7) is 7.16. The van der Waals surface area contributed by atoms with Gasteiger partial charge in [0.1, 0.15) is 5.54 Å². The molecule has 0 aromatic rings. The molecule has 1 amide bonds. The second-order valence-corrected chi connectivity index (χ2v) is 4.12. The molecule has 4 nitrogen and oxygen atoms in total. The Balaban J connectivity index is 2.58. The Morgan fingerprint density at radius 3 is 2.12 bits per heavy atom. The van der Waals surface area contributed by atoms with Gasteiger partial charge in [0.25, 0.3) is 0 Å². The van der Waals surface area contributed by atoms with Crippen molar-refractivity contribution in [3.63, 3.8) is 0 Å². The summed E-state index contributed by atoms with van der Waals surface area (Å²) < 4.78 is 0. The van der Waals surface area contributed by atoms with Crippen molar-refractivity contribution >= 4 is 11.9 Å². The van der Waals surface area contributed by atoms with Crippen LogP contribution in [0, 0.1) is 5.92 Å². The van der Waals surface area contributed by atoms with Crippen molar-refractivity contribution in [1.82, 2.24) is 5.32 Å². The van der Waals surface area contributed by atoms with Crippen LogP contribution in [0.1, 0.15) is 25.7 Å². The minimum absolute atomic E-state index is 0.222. The third kappa shape index (κ3) is 2.72. The predicted molar refractivity (Wildman–Crippen MR) is 60.9 cm³/mol. The van der Waals surface area contributed by atoms with Gasteiger partial charge in [0, 0.05) is 5.92 Å². The molecular formula is C12H17NO3. The summed E-state index contributed by atoms with van der Waals surface area (Å²) in [5.74, 6) is -1.43. The lowest BCUT2D eigenvalue weighted by Gasteiger charge is -2.17. The van der Waals surface area contributed by atoms with Crippen LogP contribution >= 0.6 is 0 Å². The maximum atomic E-state index is 11.8. The Labute approximate surface area is 95.0 Å². The van der Waals surface area contributed by atoms with Crippen LogP contribution in [0.3, 0.4) is 0 Å². The molecule has 0 bridgehead atoms. The van der Waals surface area contributed by atoms with Gasteiger partial charge in [-0.25, -0.2) is 4.79 Å². The van der Waals surface area contributed by atoms with E-state index in [1.165, 1.54) is 0 Å². The Bertz CT molecular complexity index is 308. The molecule has 2 N–H and O–H groups in total. The van der Waals surface area contributed by atoms with Gasteiger partial charge in [-0.15, -0.1) is 13.2 Å².